The number of ether oxygens (including phenoxy) is 1. The Kier molecular flexibility index (Phi) is 5.67. The second-order valence-corrected chi connectivity index (χ2v) is 10.4. The molecule has 2 unspecified atom stereocenters. The minimum absolute atomic E-state index is 0.129. The van der Waals surface area contributed by atoms with Crippen molar-refractivity contribution in [2.24, 2.45) is 5.92 Å². The van der Waals surface area contributed by atoms with Crippen LogP contribution in [0, 0.1) is 5.92 Å². The van der Waals surface area contributed by atoms with Crippen LogP contribution in [0.4, 0.5) is 10.5 Å². The van der Waals surface area contributed by atoms with Gasteiger partial charge in [0.1, 0.15) is 6.10 Å². The topological polar surface area (TPSA) is 113 Å². The third-order valence-electron chi connectivity index (χ3n) is 5.68. The van der Waals surface area contributed by atoms with Crippen LogP contribution in [0.25, 0.3) is 0 Å². The number of nitrogens with zero attached hydrogens (tertiary/aromatic N) is 1. The Balaban J connectivity index is 1.67. The van der Waals surface area contributed by atoms with Gasteiger partial charge in [0, 0.05) is 18.4 Å². The van der Waals surface area contributed by atoms with Gasteiger partial charge in [-0.25, -0.2) is 18.7 Å². The molecule has 154 valence electrons. The Morgan fingerprint density at radius 3 is 2.50 bits per heavy atom. The summed E-state index contributed by atoms with van der Waals surface area (Å²) in [4.78, 5) is 25.7. The van der Waals surface area contributed by atoms with Crippen molar-refractivity contribution in [1.82, 2.24) is 5.48 Å². The second kappa shape index (κ2) is 7.71. The number of nitrogens with one attached hydrogen (secondary N) is 1. The lowest BCUT2D eigenvalue weighted by Crippen LogP contribution is -2.51. The first kappa shape index (κ1) is 20.6. The van der Waals surface area contributed by atoms with Crippen LogP contribution in [0.1, 0.15) is 38.2 Å². The number of aryl methyl sites for hydroxylation is 1. The van der Waals surface area contributed by atoms with E-state index in [-0.39, 0.29) is 13.0 Å². The summed E-state index contributed by atoms with van der Waals surface area (Å²) in [6.45, 7) is 1.34. The molecule has 0 bridgehead atoms. The Labute approximate surface area is 164 Å². The number of hydrogen-bond acceptors (Lipinski definition) is 6. The fourth-order valence-corrected chi connectivity index (χ4v) is 4.29. The second-order valence-electron chi connectivity index (χ2n) is 7.91. The zero-order valence-electron chi connectivity index (χ0n) is 16.1. The number of carbonyl (C=O) groups excluding carboxylic acids is 2. The van der Waals surface area contributed by atoms with Gasteiger partial charge in [0.15, 0.2) is 14.6 Å². The molecule has 0 spiro atoms. The molecule has 2 atom stereocenters. The van der Waals surface area contributed by atoms with Crippen molar-refractivity contribution in [2.45, 2.75) is 49.9 Å². The van der Waals surface area contributed by atoms with Crippen molar-refractivity contribution in [3.8, 4) is 0 Å². The van der Waals surface area contributed by atoms with Crippen molar-refractivity contribution < 1.29 is 28.0 Å². The smallest absolute Gasteiger partial charge is 0.414 e. The normalized spacial score (nSPS) is 21.9. The Morgan fingerprint density at radius 1 is 1.32 bits per heavy atom. The van der Waals surface area contributed by atoms with E-state index in [2.05, 4.69) is 0 Å². The minimum Gasteiger partial charge on any atom is -0.444 e. The van der Waals surface area contributed by atoms with E-state index < -0.39 is 32.7 Å². The van der Waals surface area contributed by atoms with E-state index in [0.29, 0.717) is 5.69 Å². The first-order valence-corrected chi connectivity index (χ1v) is 11.2. The summed E-state index contributed by atoms with van der Waals surface area (Å²) in [5.74, 6) is -0.196. The summed E-state index contributed by atoms with van der Waals surface area (Å²) in [5.41, 5.74) is 3.27. The average molecular weight is 410 g/mol. The highest BCUT2D eigenvalue weighted by Gasteiger charge is 2.48. The molecule has 1 aromatic rings. The van der Waals surface area contributed by atoms with Gasteiger partial charge in [-0.3, -0.25) is 14.9 Å². The summed E-state index contributed by atoms with van der Waals surface area (Å²) in [5, 5.41) is 8.92. The molecule has 8 nitrogen and oxygen atoms in total. The first-order valence-electron chi connectivity index (χ1n) is 9.35. The molecule has 1 saturated heterocycles. The highest BCUT2D eigenvalue weighted by Crippen LogP contribution is 2.34. The molecule has 1 saturated carbocycles. The molecule has 28 heavy (non-hydrogen) atoms. The highest BCUT2D eigenvalue weighted by molar-refractivity contribution is 7.92. The largest absolute Gasteiger partial charge is 0.444 e. The van der Waals surface area contributed by atoms with E-state index in [1.807, 2.05) is 24.3 Å². The summed E-state index contributed by atoms with van der Waals surface area (Å²) < 4.78 is 27.6. The first-order chi connectivity index (χ1) is 13.1. The molecule has 1 aromatic carbocycles. The number of anilines is 1. The van der Waals surface area contributed by atoms with Gasteiger partial charge in [-0.2, -0.15) is 0 Å². The third kappa shape index (κ3) is 4.30. The third-order valence-corrected chi connectivity index (χ3v) is 7.67. The van der Waals surface area contributed by atoms with Gasteiger partial charge in [-0.1, -0.05) is 25.0 Å². The van der Waals surface area contributed by atoms with Crippen LogP contribution >= 0.6 is 0 Å². The van der Waals surface area contributed by atoms with E-state index in [9.17, 15) is 18.0 Å². The van der Waals surface area contributed by atoms with Crippen molar-refractivity contribution in [3.63, 3.8) is 0 Å². The van der Waals surface area contributed by atoms with Crippen molar-refractivity contribution in [1.29, 1.82) is 0 Å². The lowest BCUT2D eigenvalue weighted by Gasteiger charge is -2.26. The predicted molar refractivity (Wildman–Crippen MR) is 103 cm³/mol. The van der Waals surface area contributed by atoms with Crippen LogP contribution in [0.2, 0.25) is 0 Å². The van der Waals surface area contributed by atoms with Crippen LogP contribution in [0.5, 0.6) is 0 Å². The molecule has 0 radical (unpaired) electrons. The van der Waals surface area contributed by atoms with E-state index in [4.69, 9.17) is 9.94 Å². The van der Waals surface area contributed by atoms with Crippen molar-refractivity contribution in [3.05, 3.63) is 29.8 Å². The Hall–Kier alpha value is -2.13. The molecule has 2 fully saturated rings. The molecule has 2 N–H and O–H groups in total. The number of rotatable bonds is 8. The molecule has 1 heterocycles. The molecular weight excluding hydrogens is 384 g/mol. The standard InChI is InChI=1S/C19H26N2O6S/c1-19(17(22)20-24,28(2,25)26)11-16-12-21(18(23)27-16)15-9-7-14(8-10-15)6-5-13-3-4-13/h7-10,13,16,24H,3-6,11-12H2,1-2H3,(H,20,22). The fourth-order valence-electron chi connectivity index (χ4n) is 3.42. The Bertz CT molecular complexity index is 850. The molecule has 2 aliphatic rings. The van der Waals surface area contributed by atoms with Gasteiger partial charge in [0.25, 0.3) is 5.91 Å². The van der Waals surface area contributed by atoms with Gasteiger partial charge in [-0.05, 0) is 43.4 Å². The summed E-state index contributed by atoms with van der Waals surface area (Å²) in [7, 11) is -3.86. The van der Waals surface area contributed by atoms with E-state index in [1.54, 1.807) is 0 Å². The van der Waals surface area contributed by atoms with E-state index >= 15 is 0 Å². The molecule has 3 rings (SSSR count). The number of amides is 2. The monoisotopic (exact) mass is 410 g/mol. The zero-order valence-corrected chi connectivity index (χ0v) is 16.9. The number of hydroxylamine groups is 1. The van der Waals surface area contributed by atoms with Gasteiger partial charge >= 0.3 is 6.09 Å². The summed E-state index contributed by atoms with van der Waals surface area (Å²) in [6.07, 6.45) is 4.12. The lowest BCUT2D eigenvalue weighted by atomic mass is 10.0. The molecular formula is C19H26N2O6S. The van der Waals surface area contributed by atoms with Crippen LogP contribution in [0.15, 0.2) is 24.3 Å². The lowest BCUT2D eigenvalue weighted by molar-refractivity contribution is -0.132. The number of hydrogen-bond donors (Lipinski definition) is 2. The molecule has 0 aromatic heterocycles. The maximum Gasteiger partial charge on any atom is 0.414 e. The maximum atomic E-state index is 12.3. The highest BCUT2D eigenvalue weighted by atomic mass is 32.2. The van der Waals surface area contributed by atoms with Crippen LogP contribution in [0.3, 0.4) is 0 Å². The fraction of sp³-hybridized carbons (Fsp3) is 0.579. The van der Waals surface area contributed by atoms with Gasteiger partial charge in [-0.15, -0.1) is 0 Å². The summed E-state index contributed by atoms with van der Waals surface area (Å²) in [6, 6.07) is 7.67. The zero-order chi connectivity index (χ0) is 20.5. The van der Waals surface area contributed by atoms with Gasteiger partial charge in [0.05, 0.1) is 6.54 Å². The average Bonchev–Trinajstić information content (AvgIpc) is 3.41. The van der Waals surface area contributed by atoms with E-state index in [1.165, 1.54) is 42.1 Å². The number of carbonyl (C=O) groups is 2. The molecule has 1 aliphatic carbocycles. The van der Waals surface area contributed by atoms with Crippen molar-refractivity contribution in [2.75, 3.05) is 17.7 Å². The maximum absolute atomic E-state index is 12.3. The van der Waals surface area contributed by atoms with Crippen LogP contribution in [-0.2, 0) is 25.8 Å². The quantitative estimate of drug-likeness (QED) is 0.501. The van der Waals surface area contributed by atoms with Gasteiger partial charge in [0.2, 0.25) is 0 Å². The number of cyclic esters (lactones) is 1. The van der Waals surface area contributed by atoms with Crippen LogP contribution in [-0.4, -0.2) is 49.3 Å². The minimum atomic E-state index is -3.86. The number of sulfone groups is 1. The molecule has 2 amide bonds. The number of benzene rings is 1. The molecule has 1 aliphatic heterocycles. The van der Waals surface area contributed by atoms with Crippen LogP contribution < -0.4 is 10.4 Å². The molecule has 9 heteroatoms. The SMILES string of the molecule is CC(CC1CN(c2ccc(CCC3CC3)cc2)C(=O)O1)(C(=O)NO)S(C)(=O)=O. The predicted octanol–water partition coefficient (Wildman–Crippen LogP) is 2.05. The van der Waals surface area contributed by atoms with E-state index in [0.717, 1.165) is 18.6 Å². The summed E-state index contributed by atoms with van der Waals surface area (Å²) >= 11 is 0. The van der Waals surface area contributed by atoms with Gasteiger partial charge < -0.3 is 4.74 Å². The van der Waals surface area contributed by atoms with Crippen molar-refractivity contribution >= 4 is 27.5 Å². The Morgan fingerprint density at radius 2 is 1.96 bits per heavy atom.